The fraction of sp³-hybridized carbons (Fsp3) is 0.455. The van der Waals surface area contributed by atoms with Crippen LogP contribution in [0.3, 0.4) is 0 Å². The first-order valence-electron chi connectivity index (χ1n) is 10.5. The molecule has 1 atom stereocenters. The van der Waals surface area contributed by atoms with Crippen LogP contribution < -0.4 is 11.0 Å². The molecule has 3 heterocycles. The highest BCUT2D eigenvalue weighted by molar-refractivity contribution is 6.06. The number of aryl methyl sites for hydroxylation is 2. The highest BCUT2D eigenvalue weighted by Gasteiger charge is 2.23. The Morgan fingerprint density at radius 3 is 2.87 bits per heavy atom. The van der Waals surface area contributed by atoms with Crippen LogP contribution in [0.15, 0.2) is 29.1 Å². The Balaban J connectivity index is 1.48. The van der Waals surface area contributed by atoms with Crippen molar-refractivity contribution in [2.75, 3.05) is 20.6 Å². The van der Waals surface area contributed by atoms with Crippen LogP contribution in [-0.4, -0.2) is 56.8 Å². The minimum absolute atomic E-state index is 0.0761. The SMILES string of the molecule is Cc1cc(C(=O)NC2CCc3nn(CCN(C)C)c(=O)n3CC2)c2ccc(F)cc2n1. The maximum atomic E-state index is 13.6. The lowest BCUT2D eigenvalue weighted by Crippen LogP contribution is -2.36. The number of carbonyl (C=O) groups is 1. The van der Waals surface area contributed by atoms with Gasteiger partial charge in [-0.25, -0.2) is 13.9 Å². The molecule has 1 N–H and O–H groups in total. The zero-order valence-corrected chi connectivity index (χ0v) is 18.1. The Morgan fingerprint density at radius 1 is 1.29 bits per heavy atom. The fourth-order valence-electron chi connectivity index (χ4n) is 4.00. The van der Waals surface area contributed by atoms with Crippen molar-refractivity contribution in [2.45, 2.75) is 45.3 Å². The van der Waals surface area contributed by atoms with E-state index in [-0.39, 0.29) is 23.5 Å². The molecule has 164 valence electrons. The number of aromatic nitrogens is 4. The second-order valence-electron chi connectivity index (χ2n) is 8.35. The fourth-order valence-corrected chi connectivity index (χ4v) is 4.00. The molecule has 0 fully saturated rings. The summed E-state index contributed by atoms with van der Waals surface area (Å²) in [5, 5.41) is 8.21. The van der Waals surface area contributed by atoms with Gasteiger partial charge < -0.3 is 10.2 Å². The molecule has 2 aromatic heterocycles. The summed E-state index contributed by atoms with van der Waals surface area (Å²) in [6.45, 7) is 3.61. The Morgan fingerprint density at radius 2 is 2.10 bits per heavy atom. The van der Waals surface area contributed by atoms with E-state index in [9.17, 15) is 14.0 Å². The van der Waals surface area contributed by atoms with Gasteiger partial charge in [-0.2, -0.15) is 5.10 Å². The molecule has 31 heavy (non-hydrogen) atoms. The largest absolute Gasteiger partial charge is 0.349 e. The number of hydrogen-bond donors (Lipinski definition) is 1. The van der Waals surface area contributed by atoms with Gasteiger partial charge in [0.1, 0.15) is 11.6 Å². The van der Waals surface area contributed by atoms with Crippen LogP contribution >= 0.6 is 0 Å². The van der Waals surface area contributed by atoms with Crippen molar-refractivity contribution in [3.63, 3.8) is 0 Å². The average Bonchev–Trinajstić information content (AvgIpc) is 2.88. The van der Waals surface area contributed by atoms with Crippen molar-refractivity contribution in [2.24, 2.45) is 0 Å². The standard InChI is InChI=1S/C22H27FN6O2/c1-14-12-18(17-6-4-15(23)13-19(17)24-14)21(30)25-16-5-7-20-26-29(11-10-27(2)3)22(31)28(20)9-8-16/h4,6,12-13,16H,5,7-11H2,1-3H3,(H,25,30). The van der Waals surface area contributed by atoms with Crippen LogP contribution in [-0.2, 0) is 19.5 Å². The molecule has 1 aliphatic rings. The third-order valence-electron chi connectivity index (χ3n) is 5.66. The van der Waals surface area contributed by atoms with Gasteiger partial charge >= 0.3 is 5.69 Å². The topological polar surface area (TPSA) is 85.0 Å². The number of nitrogens with one attached hydrogen (secondary N) is 1. The number of fused-ring (bicyclic) bond motifs is 2. The van der Waals surface area contributed by atoms with E-state index >= 15 is 0 Å². The Kier molecular flexibility index (Phi) is 5.86. The lowest BCUT2D eigenvalue weighted by molar-refractivity contribution is 0.0934. The van der Waals surface area contributed by atoms with Crippen molar-refractivity contribution < 1.29 is 9.18 Å². The highest BCUT2D eigenvalue weighted by atomic mass is 19.1. The second kappa shape index (κ2) is 8.58. The third-order valence-corrected chi connectivity index (χ3v) is 5.66. The van der Waals surface area contributed by atoms with Gasteiger partial charge in [0.05, 0.1) is 17.6 Å². The van der Waals surface area contributed by atoms with Gasteiger partial charge in [0.25, 0.3) is 5.91 Å². The number of nitrogens with zero attached hydrogens (tertiary/aromatic N) is 5. The summed E-state index contributed by atoms with van der Waals surface area (Å²) < 4.78 is 16.8. The first kappa shape index (κ1) is 21.2. The van der Waals surface area contributed by atoms with Gasteiger partial charge in [0.15, 0.2) is 0 Å². The number of benzene rings is 1. The van der Waals surface area contributed by atoms with E-state index < -0.39 is 0 Å². The lowest BCUT2D eigenvalue weighted by Gasteiger charge is -2.17. The molecular weight excluding hydrogens is 399 g/mol. The van der Waals surface area contributed by atoms with Crippen molar-refractivity contribution in [3.8, 4) is 0 Å². The Bertz CT molecular complexity index is 1180. The molecule has 3 aromatic rings. The van der Waals surface area contributed by atoms with E-state index in [0.29, 0.717) is 54.5 Å². The zero-order valence-electron chi connectivity index (χ0n) is 18.1. The van der Waals surface area contributed by atoms with Crippen LogP contribution in [0, 0.1) is 12.7 Å². The molecule has 0 spiro atoms. The molecule has 0 aliphatic carbocycles. The van der Waals surface area contributed by atoms with Crippen molar-refractivity contribution in [3.05, 3.63) is 57.6 Å². The number of carbonyl (C=O) groups excluding carboxylic acids is 1. The molecule has 1 aromatic carbocycles. The minimum Gasteiger partial charge on any atom is -0.349 e. The van der Waals surface area contributed by atoms with Crippen molar-refractivity contribution in [1.29, 1.82) is 0 Å². The van der Waals surface area contributed by atoms with E-state index in [4.69, 9.17) is 0 Å². The number of halogens is 1. The van der Waals surface area contributed by atoms with Crippen LogP contribution in [0.1, 0.15) is 34.7 Å². The molecule has 1 amide bonds. The van der Waals surface area contributed by atoms with E-state index in [1.165, 1.54) is 16.8 Å². The average molecular weight is 426 g/mol. The molecular formula is C22H27FN6O2. The number of rotatable bonds is 5. The summed E-state index contributed by atoms with van der Waals surface area (Å²) in [6.07, 6.45) is 1.97. The summed E-state index contributed by atoms with van der Waals surface area (Å²) in [4.78, 5) is 32.0. The number of pyridine rings is 1. The monoisotopic (exact) mass is 426 g/mol. The third kappa shape index (κ3) is 4.51. The number of hydrogen-bond acceptors (Lipinski definition) is 5. The highest BCUT2D eigenvalue weighted by Crippen LogP contribution is 2.20. The maximum Gasteiger partial charge on any atom is 0.345 e. The molecule has 4 rings (SSSR count). The smallest absolute Gasteiger partial charge is 0.345 e. The molecule has 1 unspecified atom stereocenters. The molecule has 1 aliphatic heterocycles. The van der Waals surface area contributed by atoms with E-state index in [0.717, 1.165) is 12.4 Å². The second-order valence-corrected chi connectivity index (χ2v) is 8.35. The number of amides is 1. The van der Waals surface area contributed by atoms with E-state index in [1.54, 1.807) is 23.6 Å². The quantitative estimate of drug-likeness (QED) is 0.672. The van der Waals surface area contributed by atoms with Crippen molar-refractivity contribution >= 4 is 16.8 Å². The van der Waals surface area contributed by atoms with Crippen molar-refractivity contribution in [1.82, 2.24) is 29.5 Å². The maximum absolute atomic E-state index is 13.6. The molecule has 0 bridgehead atoms. The van der Waals surface area contributed by atoms with Crippen LogP contribution in [0.5, 0.6) is 0 Å². The first-order valence-corrected chi connectivity index (χ1v) is 10.5. The molecule has 9 heteroatoms. The minimum atomic E-state index is -0.383. The summed E-state index contributed by atoms with van der Waals surface area (Å²) >= 11 is 0. The predicted molar refractivity (Wildman–Crippen MR) is 116 cm³/mol. The Hall–Kier alpha value is -3.07. The van der Waals surface area contributed by atoms with Crippen LogP contribution in [0.2, 0.25) is 0 Å². The normalized spacial score (nSPS) is 16.4. The van der Waals surface area contributed by atoms with Gasteiger partial charge in [-0.1, -0.05) is 0 Å². The van der Waals surface area contributed by atoms with Crippen LogP contribution in [0.4, 0.5) is 4.39 Å². The lowest BCUT2D eigenvalue weighted by atomic mass is 10.0. The van der Waals surface area contributed by atoms with Gasteiger partial charge in [-0.05, 0) is 52.1 Å². The summed E-state index contributed by atoms with van der Waals surface area (Å²) in [7, 11) is 3.92. The van der Waals surface area contributed by atoms with Gasteiger partial charge in [0.2, 0.25) is 0 Å². The van der Waals surface area contributed by atoms with Gasteiger partial charge in [-0.15, -0.1) is 0 Å². The summed E-state index contributed by atoms with van der Waals surface area (Å²) in [5.41, 5.74) is 1.50. The summed E-state index contributed by atoms with van der Waals surface area (Å²) in [5.74, 6) is 0.169. The van der Waals surface area contributed by atoms with E-state index in [2.05, 4.69) is 15.4 Å². The first-order chi connectivity index (χ1) is 14.8. The molecule has 0 saturated heterocycles. The van der Waals surface area contributed by atoms with Gasteiger partial charge in [0, 0.05) is 42.7 Å². The van der Waals surface area contributed by atoms with Gasteiger partial charge in [-0.3, -0.25) is 14.3 Å². The molecule has 8 nitrogen and oxygen atoms in total. The summed E-state index contributed by atoms with van der Waals surface area (Å²) in [6, 6.07) is 5.91. The molecule has 0 radical (unpaired) electrons. The predicted octanol–water partition coefficient (Wildman–Crippen LogP) is 1.74. The zero-order chi connectivity index (χ0) is 22.1. The van der Waals surface area contributed by atoms with E-state index in [1.807, 2.05) is 19.0 Å². The Labute approximate surface area is 179 Å². The molecule has 0 saturated carbocycles. The van der Waals surface area contributed by atoms with Crippen LogP contribution in [0.25, 0.3) is 10.9 Å². The number of likely N-dealkylation sites (N-methyl/N-ethyl adjacent to an activating group) is 1.